The molecule has 0 aliphatic rings. The molecule has 0 fully saturated rings. The molecule has 1 amide bonds. The third-order valence-corrected chi connectivity index (χ3v) is 2.73. The van der Waals surface area contributed by atoms with E-state index in [9.17, 15) is 4.79 Å². The Hall–Kier alpha value is -1.55. The normalized spacial score (nSPS) is 10.3. The van der Waals surface area contributed by atoms with Gasteiger partial charge in [0, 0.05) is 26.2 Å². The maximum Gasteiger partial charge on any atom is 0.227 e. The number of rotatable bonds is 7. The molecule has 4 nitrogen and oxygen atoms in total. The Morgan fingerprint density at radius 3 is 2.67 bits per heavy atom. The number of nitrogen functional groups attached to an aromatic ring is 1. The van der Waals surface area contributed by atoms with Gasteiger partial charge in [-0.15, -0.1) is 0 Å². The number of amides is 1. The molecule has 0 saturated heterocycles. The molecule has 0 spiro atoms. The molecule has 0 unspecified atom stereocenters. The summed E-state index contributed by atoms with van der Waals surface area (Å²) in [7, 11) is 0. The summed E-state index contributed by atoms with van der Waals surface area (Å²) >= 11 is 0. The second kappa shape index (κ2) is 7.71. The number of nitrogens with two attached hydrogens (primary N) is 1. The fraction of sp³-hybridized carbons (Fsp3) is 0.500. The number of hydrogen-bond acceptors (Lipinski definition) is 3. The summed E-state index contributed by atoms with van der Waals surface area (Å²) in [6, 6.07) is 7.44. The summed E-state index contributed by atoms with van der Waals surface area (Å²) in [5, 5.41) is 0. The van der Waals surface area contributed by atoms with Gasteiger partial charge in [-0.25, -0.2) is 0 Å². The van der Waals surface area contributed by atoms with Crippen molar-refractivity contribution in [1.82, 2.24) is 0 Å². The van der Waals surface area contributed by atoms with E-state index in [1.54, 1.807) is 4.90 Å². The number of carbonyl (C=O) groups excluding carboxylic acids is 1. The zero-order valence-corrected chi connectivity index (χ0v) is 11.2. The Labute approximate surface area is 109 Å². The highest BCUT2D eigenvalue weighted by atomic mass is 16.5. The Bertz CT molecular complexity index is 380. The van der Waals surface area contributed by atoms with Gasteiger partial charge < -0.3 is 15.4 Å². The molecule has 0 aliphatic heterocycles. The van der Waals surface area contributed by atoms with Crippen LogP contribution in [0.1, 0.15) is 26.7 Å². The number of hydrogen-bond donors (Lipinski definition) is 1. The van der Waals surface area contributed by atoms with E-state index in [1.165, 1.54) is 0 Å². The van der Waals surface area contributed by atoms with Crippen LogP contribution in [0.5, 0.6) is 0 Å². The molecule has 0 heterocycles. The maximum absolute atomic E-state index is 12.1. The number of carbonyl (C=O) groups is 1. The molecule has 100 valence electrons. The van der Waals surface area contributed by atoms with E-state index in [-0.39, 0.29) is 5.91 Å². The minimum atomic E-state index is 0.0927. The van der Waals surface area contributed by atoms with Crippen LogP contribution in [0.25, 0.3) is 0 Å². The lowest BCUT2D eigenvalue weighted by Crippen LogP contribution is -2.31. The molecule has 0 atom stereocenters. The van der Waals surface area contributed by atoms with Crippen molar-refractivity contribution in [3.05, 3.63) is 24.3 Å². The summed E-state index contributed by atoms with van der Waals surface area (Å²) in [6.07, 6.45) is 1.23. The van der Waals surface area contributed by atoms with Crippen molar-refractivity contribution < 1.29 is 9.53 Å². The van der Waals surface area contributed by atoms with Crippen LogP contribution in [0.4, 0.5) is 11.4 Å². The molecule has 0 aliphatic carbocycles. The van der Waals surface area contributed by atoms with E-state index in [4.69, 9.17) is 10.5 Å². The third kappa shape index (κ3) is 4.04. The molecular formula is C14H22N2O2. The first-order chi connectivity index (χ1) is 8.70. The second-order valence-corrected chi connectivity index (χ2v) is 4.00. The smallest absolute Gasteiger partial charge is 0.227 e. The van der Waals surface area contributed by atoms with Gasteiger partial charge in [-0.05, 0) is 32.4 Å². The molecule has 1 aromatic carbocycles. The van der Waals surface area contributed by atoms with Crippen LogP contribution in [0, 0.1) is 0 Å². The van der Waals surface area contributed by atoms with E-state index >= 15 is 0 Å². The largest absolute Gasteiger partial charge is 0.397 e. The molecule has 0 saturated carbocycles. The SMILES string of the molecule is CCOCCCC(=O)N(CC)c1ccccc1N. The zero-order valence-electron chi connectivity index (χ0n) is 11.2. The number of ether oxygens (including phenoxy) is 1. The van der Waals surface area contributed by atoms with Gasteiger partial charge in [-0.2, -0.15) is 0 Å². The first-order valence-corrected chi connectivity index (χ1v) is 6.43. The molecule has 1 rings (SSSR count). The average molecular weight is 250 g/mol. The van der Waals surface area contributed by atoms with Gasteiger partial charge in [0.2, 0.25) is 5.91 Å². The van der Waals surface area contributed by atoms with Gasteiger partial charge >= 0.3 is 0 Å². The first kappa shape index (κ1) is 14.5. The molecule has 18 heavy (non-hydrogen) atoms. The third-order valence-electron chi connectivity index (χ3n) is 2.73. The van der Waals surface area contributed by atoms with E-state index < -0.39 is 0 Å². The molecule has 0 bridgehead atoms. The predicted octanol–water partition coefficient (Wildman–Crippen LogP) is 2.44. The predicted molar refractivity (Wildman–Crippen MR) is 74.6 cm³/mol. The van der Waals surface area contributed by atoms with Crippen LogP contribution >= 0.6 is 0 Å². The summed E-state index contributed by atoms with van der Waals surface area (Å²) in [4.78, 5) is 13.8. The van der Waals surface area contributed by atoms with Crippen molar-refractivity contribution in [3.63, 3.8) is 0 Å². The van der Waals surface area contributed by atoms with Crippen LogP contribution in [-0.2, 0) is 9.53 Å². The summed E-state index contributed by atoms with van der Waals surface area (Å²) in [6.45, 7) is 5.85. The van der Waals surface area contributed by atoms with Crippen LogP contribution in [-0.4, -0.2) is 25.7 Å². The highest BCUT2D eigenvalue weighted by Gasteiger charge is 2.15. The van der Waals surface area contributed by atoms with Crippen molar-refractivity contribution in [1.29, 1.82) is 0 Å². The van der Waals surface area contributed by atoms with E-state index in [2.05, 4.69) is 0 Å². The maximum atomic E-state index is 12.1. The topological polar surface area (TPSA) is 55.6 Å². The number of anilines is 2. The lowest BCUT2D eigenvalue weighted by Gasteiger charge is -2.22. The quantitative estimate of drug-likeness (QED) is 0.597. The van der Waals surface area contributed by atoms with Crippen LogP contribution < -0.4 is 10.6 Å². The fourth-order valence-corrected chi connectivity index (χ4v) is 1.82. The summed E-state index contributed by atoms with van der Waals surface area (Å²) < 4.78 is 5.23. The monoisotopic (exact) mass is 250 g/mol. The van der Waals surface area contributed by atoms with Crippen molar-refractivity contribution in [2.24, 2.45) is 0 Å². The second-order valence-electron chi connectivity index (χ2n) is 4.00. The van der Waals surface area contributed by atoms with Crippen molar-refractivity contribution in [3.8, 4) is 0 Å². The molecule has 0 radical (unpaired) electrons. The lowest BCUT2D eigenvalue weighted by atomic mass is 10.2. The zero-order chi connectivity index (χ0) is 13.4. The Morgan fingerprint density at radius 2 is 2.06 bits per heavy atom. The van der Waals surface area contributed by atoms with Crippen molar-refractivity contribution in [2.75, 3.05) is 30.4 Å². The Morgan fingerprint density at radius 1 is 1.33 bits per heavy atom. The lowest BCUT2D eigenvalue weighted by molar-refractivity contribution is -0.118. The van der Waals surface area contributed by atoms with Gasteiger partial charge in [-0.3, -0.25) is 4.79 Å². The standard InChI is InChI=1S/C14H22N2O2/c1-3-16(13-9-6-5-8-12(13)15)14(17)10-7-11-18-4-2/h5-6,8-9H,3-4,7,10-11,15H2,1-2H3. The molecule has 4 heteroatoms. The van der Waals surface area contributed by atoms with Gasteiger partial charge in [0.25, 0.3) is 0 Å². The van der Waals surface area contributed by atoms with Crippen LogP contribution in [0.2, 0.25) is 0 Å². The Balaban J connectivity index is 2.60. The van der Waals surface area contributed by atoms with Gasteiger partial charge in [0.15, 0.2) is 0 Å². The number of para-hydroxylation sites is 2. The molecule has 2 N–H and O–H groups in total. The number of benzene rings is 1. The van der Waals surface area contributed by atoms with Gasteiger partial charge in [-0.1, -0.05) is 12.1 Å². The summed E-state index contributed by atoms with van der Waals surface area (Å²) in [5.74, 6) is 0.0927. The first-order valence-electron chi connectivity index (χ1n) is 6.43. The molecular weight excluding hydrogens is 228 g/mol. The van der Waals surface area contributed by atoms with Crippen LogP contribution in [0.3, 0.4) is 0 Å². The van der Waals surface area contributed by atoms with Crippen molar-refractivity contribution >= 4 is 17.3 Å². The van der Waals surface area contributed by atoms with E-state index in [0.717, 1.165) is 12.1 Å². The van der Waals surface area contributed by atoms with Gasteiger partial charge in [0.1, 0.15) is 0 Å². The average Bonchev–Trinajstić information content (AvgIpc) is 2.38. The highest BCUT2D eigenvalue weighted by molar-refractivity contribution is 5.96. The van der Waals surface area contributed by atoms with Gasteiger partial charge in [0.05, 0.1) is 11.4 Å². The number of nitrogens with zero attached hydrogens (tertiary/aromatic N) is 1. The highest BCUT2D eigenvalue weighted by Crippen LogP contribution is 2.23. The van der Waals surface area contributed by atoms with E-state index in [0.29, 0.717) is 31.9 Å². The van der Waals surface area contributed by atoms with Crippen LogP contribution in [0.15, 0.2) is 24.3 Å². The molecule has 0 aromatic heterocycles. The van der Waals surface area contributed by atoms with E-state index in [1.807, 2.05) is 38.1 Å². The minimum Gasteiger partial charge on any atom is -0.397 e. The van der Waals surface area contributed by atoms with Crippen molar-refractivity contribution in [2.45, 2.75) is 26.7 Å². The minimum absolute atomic E-state index is 0.0927. The molecule has 1 aromatic rings. The fourth-order valence-electron chi connectivity index (χ4n) is 1.82. The summed E-state index contributed by atoms with van der Waals surface area (Å²) in [5.41, 5.74) is 7.32. The Kier molecular flexibility index (Phi) is 6.22.